The highest BCUT2D eigenvalue weighted by atomic mass is 15.0. The van der Waals surface area contributed by atoms with Gasteiger partial charge in [0.15, 0.2) is 0 Å². The van der Waals surface area contributed by atoms with Crippen molar-refractivity contribution in [2.24, 2.45) is 0 Å². The van der Waals surface area contributed by atoms with Crippen molar-refractivity contribution in [3.63, 3.8) is 0 Å². The first kappa shape index (κ1) is 36.8. The van der Waals surface area contributed by atoms with Crippen LogP contribution in [-0.2, 0) is 11.8 Å². The summed E-state index contributed by atoms with van der Waals surface area (Å²) in [4.78, 5) is 0. The Hall–Kier alpha value is -7.62. The molecule has 310 valence electrons. The van der Waals surface area contributed by atoms with Gasteiger partial charge < -0.3 is 13.7 Å². The molecule has 1 atom stereocenters. The molecule has 0 spiro atoms. The minimum absolute atomic E-state index is 0.325. The molecule has 1 unspecified atom stereocenters. The van der Waals surface area contributed by atoms with E-state index < -0.39 is 0 Å². The monoisotopic (exact) mass is 833 g/mol. The van der Waals surface area contributed by atoms with Crippen molar-refractivity contribution in [2.75, 3.05) is 0 Å². The second-order valence-electron chi connectivity index (χ2n) is 19.0. The van der Waals surface area contributed by atoms with E-state index in [-0.39, 0.29) is 5.41 Å². The standard InChI is InChI=1S/C62H47N3/c1-36-38(3)62(5,42-26-30-56-52(34-42)46-20-12-14-22-54(46)64(56)43-16-8-6-9-17-43)60-48-28-24-41-33-51-37(2)39(4)63(61(51)49-29-25-40(32-50(36)60)58(48)59(41)49)45-27-31-57-53(35-45)47-21-13-15-23-55(47)65(57)44-18-10-7-11-19-44/h6-12,14-20,22-35H,13,21H2,1-5H3. The number of nitrogens with zero attached hydrogens (tertiary/aromatic N) is 3. The molecule has 65 heavy (non-hydrogen) atoms. The topological polar surface area (TPSA) is 14.8 Å². The third-order valence-electron chi connectivity index (χ3n) is 16.1. The van der Waals surface area contributed by atoms with Gasteiger partial charge in [-0.25, -0.2) is 0 Å². The van der Waals surface area contributed by atoms with Gasteiger partial charge in [-0.05, 0) is 187 Å². The Morgan fingerprint density at radius 2 is 1.15 bits per heavy atom. The van der Waals surface area contributed by atoms with Crippen molar-refractivity contribution in [3.8, 4) is 17.1 Å². The normalized spacial score (nSPS) is 16.2. The van der Waals surface area contributed by atoms with Crippen molar-refractivity contribution in [2.45, 2.75) is 52.9 Å². The molecule has 2 aliphatic rings. The van der Waals surface area contributed by atoms with Crippen LogP contribution in [0.15, 0.2) is 169 Å². The molecule has 0 amide bonds. The second-order valence-corrected chi connectivity index (χ2v) is 19.0. The molecule has 0 aliphatic heterocycles. The Balaban J connectivity index is 1.00. The molecule has 0 N–H and O–H groups in total. The summed E-state index contributed by atoms with van der Waals surface area (Å²) in [6, 6.07) is 59.6. The smallest absolute Gasteiger partial charge is 0.0613 e. The number of hydrogen-bond donors (Lipinski definition) is 0. The number of para-hydroxylation sites is 3. The Labute approximate surface area is 378 Å². The van der Waals surface area contributed by atoms with Gasteiger partial charge in [0.05, 0.1) is 22.1 Å². The van der Waals surface area contributed by atoms with Crippen molar-refractivity contribution in [1.29, 1.82) is 0 Å². The summed E-state index contributed by atoms with van der Waals surface area (Å²) in [7, 11) is 0. The van der Waals surface area contributed by atoms with E-state index in [1.807, 2.05) is 0 Å². The fraction of sp³-hybridized carbons (Fsp3) is 0.129. The lowest BCUT2D eigenvalue weighted by Gasteiger charge is -2.31. The maximum atomic E-state index is 2.56. The molecular formula is C62H47N3. The molecule has 0 saturated carbocycles. The predicted molar refractivity (Wildman–Crippen MR) is 276 cm³/mol. The molecular weight excluding hydrogens is 787 g/mol. The van der Waals surface area contributed by atoms with Gasteiger partial charge in [-0.2, -0.15) is 0 Å². The number of aromatic nitrogens is 3. The third kappa shape index (κ3) is 4.70. The van der Waals surface area contributed by atoms with Crippen molar-refractivity contribution in [3.05, 3.63) is 209 Å². The average Bonchev–Trinajstić information content (AvgIpc) is 4.01. The van der Waals surface area contributed by atoms with Gasteiger partial charge in [-0.1, -0.05) is 96.6 Å². The van der Waals surface area contributed by atoms with Crippen LogP contribution in [0.3, 0.4) is 0 Å². The molecule has 2 aliphatic carbocycles. The van der Waals surface area contributed by atoms with Crippen LogP contribution in [0, 0.1) is 13.8 Å². The molecule has 3 aromatic heterocycles. The fourth-order valence-electron chi connectivity index (χ4n) is 12.6. The van der Waals surface area contributed by atoms with Gasteiger partial charge in [0.25, 0.3) is 0 Å². The summed E-state index contributed by atoms with van der Waals surface area (Å²) in [5.41, 5.74) is 20.6. The number of fused-ring (bicyclic) bond motifs is 10. The van der Waals surface area contributed by atoms with Crippen molar-refractivity contribution in [1.82, 2.24) is 13.7 Å². The number of allylic oxidation sites excluding steroid dienone is 3. The quantitative estimate of drug-likeness (QED) is 0.157. The van der Waals surface area contributed by atoms with Gasteiger partial charge >= 0.3 is 0 Å². The average molecular weight is 834 g/mol. The SMILES string of the molecule is CC1=C(C)C(C)(c2ccc3c(c2)c2ccccc2n3-c2ccccc2)c2c1cc1ccc3c4c(ccc2c14)cc1c(C)c(C)n(-c2ccc4c(c2)c2c(n4-c4ccccc4)C=CCC2)c13. The van der Waals surface area contributed by atoms with Crippen LogP contribution in [0.4, 0.5) is 0 Å². The maximum Gasteiger partial charge on any atom is 0.0613 e. The molecule has 0 bridgehead atoms. The van der Waals surface area contributed by atoms with Gasteiger partial charge in [-0.3, -0.25) is 0 Å². The van der Waals surface area contributed by atoms with E-state index in [1.54, 1.807) is 0 Å². The highest BCUT2D eigenvalue weighted by Crippen LogP contribution is 2.55. The van der Waals surface area contributed by atoms with E-state index in [9.17, 15) is 0 Å². The van der Waals surface area contributed by atoms with Crippen LogP contribution in [0.2, 0.25) is 0 Å². The fourth-order valence-corrected chi connectivity index (χ4v) is 12.6. The Morgan fingerprint density at radius 1 is 0.492 bits per heavy atom. The minimum Gasteiger partial charge on any atom is -0.313 e. The van der Waals surface area contributed by atoms with Crippen LogP contribution < -0.4 is 0 Å². The minimum atomic E-state index is -0.325. The van der Waals surface area contributed by atoms with Crippen molar-refractivity contribution >= 4 is 87.6 Å². The van der Waals surface area contributed by atoms with Crippen LogP contribution in [0.1, 0.15) is 66.4 Å². The van der Waals surface area contributed by atoms with E-state index in [2.05, 4.69) is 218 Å². The summed E-state index contributed by atoms with van der Waals surface area (Å²) < 4.78 is 7.44. The molecule has 0 saturated heterocycles. The Bertz CT molecular complexity index is 4090. The maximum absolute atomic E-state index is 2.56. The summed E-state index contributed by atoms with van der Waals surface area (Å²) in [5, 5.41) is 13.3. The first-order chi connectivity index (χ1) is 31.8. The molecule has 14 rings (SSSR count). The van der Waals surface area contributed by atoms with E-state index in [1.165, 1.54) is 143 Å². The lowest BCUT2D eigenvalue weighted by Crippen LogP contribution is -2.23. The first-order valence-electron chi connectivity index (χ1n) is 23.2. The van der Waals surface area contributed by atoms with E-state index >= 15 is 0 Å². The zero-order valence-corrected chi connectivity index (χ0v) is 37.4. The number of benzene rings is 9. The zero-order valence-electron chi connectivity index (χ0n) is 37.4. The van der Waals surface area contributed by atoms with Crippen LogP contribution in [0.5, 0.6) is 0 Å². The van der Waals surface area contributed by atoms with Crippen LogP contribution >= 0.6 is 0 Å². The number of rotatable bonds is 4. The number of aryl methyl sites for hydroxylation is 2. The summed E-state index contributed by atoms with van der Waals surface area (Å²) >= 11 is 0. The van der Waals surface area contributed by atoms with Crippen LogP contribution in [-0.4, -0.2) is 13.7 Å². The highest BCUT2D eigenvalue weighted by Gasteiger charge is 2.41. The van der Waals surface area contributed by atoms with Gasteiger partial charge in [-0.15, -0.1) is 0 Å². The molecule has 3 heteroatoms. The Kier molecular flexibility index (Phi) is 7.36. The molecule has 0 fully saturated rings. The molecule has 12 aromatic rings. The zero-order chi connectivity index (χ0) is 43.5. The molecule has 3 heterocycles. The summed E-state index contributed by atoms with van der Waals surface area (Å²) in [6.45, 7) is 11.8. The second kappa shape index (κ2) is 13.0. The number of hydrogen-bond acceptors (Lipinski definition) is 0. The van der Waals surface area contributed by atoms with E-state index in [0.29, 0.717) is 0 Å². The molecule has 3 nitrogen and oxygen atoms in total. The van der Waals surface area contributed by atoms with Gasteiger partial charge in [0, 0.05) is 60.8 Å². The van der Waals surface area contributed by atoms with E-state index in [0.717, 1.165) is 12.8 Å². The van der Waals surface area contributed by atoms with Crippen LogP contribution in [0.25, 0.3) is 105 Å². The lowest BCUT2D eigenvalue weighted by molar-refractivity contribution is 0.698. The molecule has 9 aromatic carbocycles. The highest BCUT2D eigenvalue weighted by molar-refractivity contribution is 6.30. The third-order valence-corrected chi connectivity index (χ3v) is 16.1. The largest absolute Gasteiger partial charge is 0.313 e. The Morgan fingerprint density at radius 3 is 1.95 bits per heavy atom. The van der Waals surface area contributed by atoms with Gasteiger partial charge in [0.1, 0.15) is 0 Å². The predicted octanol–water partition coefficient (Wildman–Crippen LogP) is 16.3. The summed E-state index contributed by atoms with van der Waals surface area (Å²) in [6.07, 6.45) is 6.77. The van der Waals surface area contributed by atoms with Crippen molar-refractivity contribution < 1.29 is 0 Å². The summed E-state index contributed by atoms with van der Waals surface area (Å²) in [5.74, 6) is 0. The molecule has 0 radical (unpaired) electrons. The van der Waals surface area contributed by atoms with Gasteiger partial charge in [0.2, 0.25) is 0 Å². The first-order valence-corrected chi connectivity index (χ1v) is 23.2. The van der Waals surface area contributed by atoms with E-state index in [4.69, 9.17) is 0 Å². The lowest BCUT2D eigenvalue weighted by atomic mass is 9.71.